The summed E-state index contributed by atoms with van der Waals surface area (Å²) in [5, 5.41) is 3.26. The number of anilines is 1. The molecule has 0 fully saturated rings. The molecule has 0 aliphatic heterocycles. The van der Waals surface area contributed by atoms with Gasteiger partial charge in [-0.2, -0.15) is 0 Å². The second-order valence-corrected chi connectivity index (χ2v) is 7.08. The van der Waals surface area contributed by atoms with E-state index in [1.807, 2.05) is 32.0 Å². The van der Waals surface area contributed by atoms with Gasteiger partial charge in [-0.05, 0) is 61.7 Å². The highest BCUT2D eigenvalue weighted by molar-refractivity contribution is 6.31. The Bertz CT molecular complexity index is 895. The molecule has 0 aliphatic rings. The highest BCUT2D eigenvalue weighted by Crippen LogP contribution is 2.23. The van der Waals surface area contributed by atoms with Gasteiger partial charge < -0.3 is 10.1 Å². The van der Waals surface area contributed by atoms with Crippen LogP contribution in [0.5, 0.6) is 5.75 Å². The van der Waals surface area contributed by atoms with Gasteiger partial charge in [-0.25, -0.2) is 0 Å². The standard InChI is InChI=1S/C21H24ClN3O4/c1-13-9-14(2)11-16(10-13)29-12-21(28)25-24-20(27)8-7-19(26)23-18-6-4-5-17(22)15(18)3/h4-6,9-11H,7-8,12H2,1-3H3,(H,23,26)(H,24,27)(H,25,28). The minimum atomic E-state index is -0.503. The third kappa shape index (κ3) is 7.46. The van der Waals surface area contributed by atoms with Crippen molar-refractivity contribution in [2.24, 2.45) is 0 Å². The number of amides is 3. The number of rotatable bonds is 7. The van der Waals surface area contributed by atoms with Crippen LogP contribution in [0.1, 0.15) is 29.5 Å². The molecule has 0 saturated carbocycles. The van der Waals surface area contributed by atoms with Gasteiger partial charge in [0.25, 0.3) is 5.91 Å². The molecule has 0 heterocycles. The number of hydrogen-bond donors (Lipinski definition) is 3. The summed E-state index contributed by atoms with van der Waals surface area (Å²) in [5.74, 6) is -0.730. The van der Waals surface area contributed by atoms with Crippen molar-refractivity contribution in [3.05, 3.63) is 58.1 Å². The van der Waals surface area contributed by atoms with Crippen molar-refractivity contribution in [2.45, 2.75) is 33.6 Å². The number of carbonyl (C=O) groups excluding carboxylic acids is 3. The van der Waals surface area contributed by atoms with Crippen LogP contribution in [0.15, 0.2) is 36.4 Å². The Kier molecular flexibility index (Phi) is 8.03. The summed E-state index contributed by atoms with van der Waals surface area (Å²) >= 11 is 6.01. The minimum Gasteiger partial charge on any atom is -0.484 e. The number of benzene rings is 2. The fourth-order valence-electron chi connectivity index (χ4n) is 2.59. The molecule has 0 radical (unpaired) electrons. The molecular weight excluding hydrogens is 394 g/mol. The van der Waals surface area contributed by atoms with Crippen LogP contribution in [0.25, 0.3) is 0 Å². The lowest BCUT2D eigenvalue weighted by atomic mass is 10.1. The molecule has 0 atom stereocenters. The van der Waals surface area contributed by atoms with Crippen LogP contribution >= 0.6 is 11.6 Å². The number of hydrazine groups is 1. The second kappa shape index (κ2) is 10.5. The summed E-state index contributed by atoms with van der Waals surface area (Å²) in [7, 11) is 0. The Hall–Kier alpha value is -3.06. The third-order valence-corrected chi connectivity index (χ3v) is 4.44. The Balaban J connectivity index is 1.69. The van der Waals surface area contributed by atoms with E-state index >= 15 is 0 Å². The second-order valence-electron chi connectivity index (χ2n) is 6.67. The van der Waals surface area contributed by atoms with Gasteiger partial charge in [0, 0.05) is 23.6 Å². The summed E-state index contributed by atoms with van der Waals surface area (Å²) in [6, 6.07) is 10.8. The van der Waals surface area contributed by atoms with Gasteiger partial charge >= 0.3 is 0 Å². The molecule has 3 N–H and O–H groups in total. The van der Waals surface area contributed by atoms with Gasteiger partial charge in [0.15, 0.2) is 6.61 Å². The van der Waals surface area contributed by atoms with E-state index in [9.17, 15) is 14.4 Å². The van der Waals surface area contributed by atoms with E-state index in [0.29, 0.717) is 16.5 Å². The zero-order valence-electron chi connectivity index (χ0n) is 16.6. The molecule has 29 heavy (non-hydrogen) atoms. The molecule has 154 valence electrons. The molecule has 0 spiro atoms. The van der Waals surface area contributed by atoms with Crippen molar-refractivity contribution in [1.29, 1.82) is 0 Å². The molecular formula is C21H24ClN3O4. The summed E-state index contributed by atoms with van der Waals surface area (Å²) in [6.45, 7) is 5.42. The van der Waals surface area contributed by atoms with E-state index in [4.69, 9.17) is 16.3 Å². The van der Waals surface area contributed by atoms with E-state index in [1.54, 1.807) is 25.1 Å². The Morgan fingerprint density at radius 3 is 2.21 bits per heavy atom. The number of aryl methyl sites for hydroxylation is 2. The van der Waals surface area contributed by atoms with Crippen LogP contribution < -0.4 is 20.9 Å². The molecule has 2 aromatic carbocycles. The summed E-state index contributed by atoms with van der Waals surface area (Å²) in [5.41, 5.74) is 7.93. The first-order valence-corrected chi connectivity index (χ1v) is 9.46. The highest BCUT2D eigenvalue weighted by Gasteiger charge is 2.11. The molecule has 2 aromatic rings. The molecule has 0 saturated heterocycles. The average molecular weight is 418 g/mol. The zero-order valence-corrected chi connectivity index (χ0v) is 17.4. The Labute approximate surface area is 174 Å². The van der Waals surface area contributed by atoms with Gasteiger partial charge in [0.05, 0.1) is 0 Å². The first-order chi connectivity index (χ1) is 13.7. The molecule has 7 nitrogen and oxygen atoms in total. The summed E-state index contributed by atoms with van der Waals surface area (Å²) in [4.78, 5) is 35.6. The Morgan fingerprint density at radius 1 is 0.897 bits per heavy atom. The lowest BCUT2D eigenvalue weighted by Gasteiger charge is -2.11. The largest absolute Gasteiger partial charge is 0.484 e. The smallest absolute Gasteiger partial charge is 0.276 e. The number of nitrogens with one attached hydrogen (secondary N) is 3. The number of ether oxygens (including phenoxy) is 1. The van der Waals surface area contributed by atoms with Crippen molar-refractivity contribution in [3.8, 4) is 5.75 Å². The maximum atomic E-state index is 12.0. The van der Waals surface area contributed by atoms with Crippen LogP contribution in [0.2, 0.25) is 5.02 Å². The molecule has 0 bridgehead atoms. The highest BCUT2D eigenvalue weighted by atomic mass is 35.5. The monoisotopic (exact) mass is 417 g/mol. The van der Waals surface area contributed by atoms with Crippen LogP contribution in [0.3, 0.4) is 0 Å². The molecule has 0 aliphatic carbocycles. The van der Waals surface area contributed by atoms with Gasteiger partial charge in [-0.1, -0.05) is 23.7 Å². The molecule has 3 amide bonds. The van der Waals surface area contributed by atoms with Crippen molar-refractivity contribution >= 4 is 35.0 Å². The van der Waals surface area contributed by atoms with Crippen molar-refractivity contribution in [3.63, 3.8) is 0 Å². The van der Waals surface area contributed by atoms with Gasteiger partial charge in [0.1, 0.15) is 5.75 Å². The van der Waals surface area contributed by atoms with Gasteiger partial charge in [0.2, 0.25) is 11.8 Å². The van der Waals surface area contributed by atoms with E-state index in [0.717, 1.165) is 16.7 Å². The van der Waals surface area contributed by atoms with Gasteiger partial charge in [-0.3, -0.25) is 25.2 Å². The SMILES string of the molecule is Cc1cc(C)cc(OCC(=O)NNC(=O)CCC(=O)Nc2cccc(Cl)c2C)c1. The molecule has 8 heteroatoms. The normalized spacial score (nSPS) is 10.2. The van der Waals surface area contributed by atoms with E-state index in [-0.39, 0.29) is 25.4 Å². The summed E-state index contributed by atoms with van der Waals surface area (Å²) in [6.07, 6.45) is -0.115. The van der Waals surface area contributed by atoms with Crippen molar-refractivity contribution in [2.75, 3.05) is 11.9 Å². The van der Waals surface area contributed by atoms with Crippen molar-refractivity contribution in [1.82, 2.24) is 10.9 Å². The van der Waals surface area contributed by atoms with E-state index in [1.165, 1.54) is 0 Å². The first-order valence-electron chi connectivity index (χ1n) is 9.08. The quantitative estimate of drug-likeness (QED) is 0.602. The number of hydrogen-bond acceptors (Lipinski definition) is 4. The molecule has 0 aromatic heterocycles. The first kappa shape index (κ1) is 22.2. The molecule has 2 rings (SSSR count). The summed E-state index contributed by atoms with van der Waals surface area (Å²) < 4.78 is 5.41. The fraction of sp³-hybridized carbons (Fsp3) is 0.286. The number of carbonyl (C=O) groups is 3. The van der Waals surface area contributed by atoms with Gasteiger partial charge in [-0.15, -0.1) is 0 Å². The molecule has 0 unspecified atom stereocenters. The third-order valence-electron chi connectivity index (χ3n) is 4.03. The van der Waals surface area contributed by atoms with Crippen molar-refractivity contribution < 1.29 is 19.1 Å². The van der Waals surface area contributed by atoms with Crippen LogP contribution in [0.4, 0.5) is 5.69 Å². The average Bonchev–Trinajstić information content (AvgIpc) is 2.66. The zero-order chi connectivity index (χ0) is 21.4. The minimum absolute atomic E-state index is 0.0350. The van der Waals surface area contributed by atoms with E-state index in [2.05, 4.69) is 16.2 Å². The van der Waals surface area contributed by atoms with E-state index < -0.39 is 11.8 Å². The maximum absolute atomic E-state index is 12.0. The Morgan fingerprint density at radius 2 is 1.52 bits per heavy atom. The van der Waals surface area contributed by atoms with Crippen LogP contribution in [0, 0.1) is 20.8 Å². The number of halogens is 1. The van der Waals surface area contributed by atoms with Crippen LogP contribution in [-0.2, 0) is 14.4 Å². The topological polar surface area (TPSA) is 96.5 Å². The van der Waals surface area contributed by atoms with Crippen LogP contribution in [-0.4, -0.2) is 24.3 Å². The fourth-order valence-corrected chi connectivity index (χ4v) is 2.76. The predicted molar refractivity (Wildman–Crippen MR) is 112 cm³/mol. The maximum Gasteiger partial charge on any atom is 0.276 e. The lowest BCUT2D eigenvalue weighted by Crippen LogP contribution is -2.44. The lowest BCUT2D eigenvalue weighted by molar-refractivity contribution is -0.130. The predicted octanol–water partition coefficient (Wildman–Crippen LogP) is 3.21.